The zero-order valence-corrected chi connectivity index (χ0v) is 9.57. The molecule has 3 nitrogen and oxygen atoms in total. The van der Waals surface area contributed by atoms with Crippen LogP contribution >= 0.6 is 0 Å². The molecule has 0 aliphatic carbocycles. The minimum atomic E-state index is 0.0685. The van der Waals surface area contributed by atoms with Crippen molar-refractivity contribution in [3.8, 4) is 0 Å². The predicted molar refractivity (Wildman–Crippen MR) is 63.0 cm³/mol. The first-order chi connectivity index (χ1) is 7.18. The average Bonchev–Trinajstić information content (AvgIpc) is 2.20. The molecular weight excluding hydrogens is 188 g/mol. The number of nitrogens with zero attached hydrogens (tertiary/aromatic N) is 1. The molecule has 0 bridgehead atoms. The minimum absolute atomic E-state index is 0.0685. The summed E-state index contributed by atoms with van der Waals surface area (Å²) in [7, 11) is 0. The van der Waals surface area contributed by atoms with Gasteiger partial charge in [0.2, 0.25) is 0 Å². The Morgan fingerprint density at radius 3 is 2.53 bits per heavy atom. The van der Waals surface area contributed by atoms with E-state index in [0.29, 0.717) is 0 Å². The van der Waals surface area contributed by atoms with Gasteiger partial charge in [-0.2, -0.15) is 0 Å². The monoisotopic (exact) mass is 208 g/mol. The fourth-order valence-electron chi connectivity index (χ4n) is 1.32. The number of hydrogen-bond acceptors (Lipinski definition) is 2. The summed E-state index contributed by atoms with van der Waals surface area (Å²) in [6, 6.07) is 3.18. The average molecular weight is 208 g/mol. The van der Waals surface area contributed by atoms with E-state index >= 15 is 0 Å². The van der Waals surface area contributed by atoms with Crippen LogP contribution in [0.25, 0.3) is 0 Å². The lowest BCUT2D eigenvalue weighted by molar-refractivity contribution is 0.519. The van der Waals surface area contributed by atoms with Crippen LogP contribution in [0.2, 0.25) is 0 Å². The molecule has 0 amide bonds. The standard InChI is InChI=1S/C12H20N2O/c1-11(2)3-6-13-7-10-14-8-4-12(15)5-9-14/h4-5,8-9,11,13H,3,6-7,10H2,1-2H3. The van der Waals surface area contributed by atoms with Gasteiger partial charge < -0.3 is 9.88 Å². The molecule has 15 heavy (non-hydrogen) atoms. The molecule has 1 rings (SSSR count). The second-order valence-corrected chi connectivity index (χ2v) is 4.20. The molecule has 0 aliphatic rings. The minimum Gasteiger partial charge on any atom is -0.353 e. The summed E-state index contributed by atoms with van der Waals surface area (Å²) >= 11 is 0. The normalized spacial score (nSPS) is 10.9. The van der Waals surface area contributed by atoms with E-state index in [1.807, 2.05) is 17.0 Å². The Hall–Kier alpha value is -1.09. The van der Waals surface area contributed by atoms with Crippen LogP contribution in [0.3, 0.4) is 0 Å². The lowest BCUT2D eigenvalue weighted by Crippen LogP contribution is -2.22. The lowest BCUT2D eigenvalue weighted by Gasteiger charge is -2.08. The van der Waals surface area contributed by atoms with Gasteiger partial charge in [-0.05, 0) is 18.9 Å². The summed E-state index contributed by atoms with van der Waals surface area (Å²) in [5.41, 5.74) is 0.0685. The highest BCUT2D eigenvalue weighted by molar-refractivity contribution is 4.93. The summed E-state index contributed by atoms with van der Waals surface area (Å²) < 4.78 is 2.02. The van der Waals surface area contributed by atoms with Gasteiger partial charge in [0.25, 0.3) is 0 Å². The van der Waals surface area contributed by atoms with Gasteiger partial charge in [-0.1, -0.05) is 13.8 Å². The van der Waals surface area contributed by atoms with Crippen LogP contribution in [-0.4, -0.2) is 17.7 Å². The molecule has 0 fully saturated rings. The van der Waals surface area contributed by atoms with Crippen molar-refractivity contribution in [1.29, 1.82) is 0 Å². The number of aromatic nitrogens is 1. The van der Waals surface area contributed by atoms with Crippen LogP contribution in [-0.2, 0) is 6.54 Å². The molecule has 84 valence electrons. The molecular formula is C12H20N2O. The van der Waals surface area contributed by atoms with Crippen molar-refractivity contribution < 1.29 is 0 Å². The smallest absolute Gasteiger partial charge is 0.181 e. The first-order valence-corrected chi connectivity index (χ1v) is 5.55. The summed E-state index contributed by atoms with van der Waals surface area (Å²) in [6.45, 7) is 7.39. The number of pyridine rings is 1. The van der Waals surface area contributed by atoms with Crippen molar-refractivity contribution in [2.45, 2.75) is 26.8 Å². The Kier molecular flexibility index (Phi) is 5.12. The van der Waals surface area contributed by atoms with Crippen LogP contribution in [0.15, 0.2) is 29.3 Å². The van der Waals surface area contributed by atoms with E-state index < -0.39 is 0 Å². The van der Waals surface area contributed by atoms with E-state index in [1.54, 1.807) is 12.1 Å². The van der Waals surface area contributed by atoms with Crippen LogP contribution in [0.5, 0.6) is 0 Å². The van der Waals surface area contributed by atoms with Gasteiger partial charge in [0.15, 0.2) is 5.43 Å². The highest BCUT2D eigenvalue weighted by Crippen LogP contribution is 1.95. The fourth-order valence-corrected chi connectivity index (χ4v) is 1.32. The zero-order valence-electron chi connectivity index (χ0n) is 9.57. The molecule has 0 aliphatic heterocycles. The Balaban J connectivity index is 2.15. The highest BCUT2D eigenvalue weighted by atomic mass is 16.1. The molecule has 3 heteroatoms. The second kappa shape index (κ2) is 6.40. The van der Waals surface area contributed by atoms with Gasteiger partial charge in [0.1, 0.15) is 0 Å². The van der Waals surface area contributed by atoms with E-state index in [0.717, 1.165) is 25.6 Å². The SMILES string of the molecule is CC(C)CCNCCn1ccc(=O)cc1. The zero-order chi connectivity index (χ0) is 11.1. The number of hydrogen-bond donors (Lipinski definition) is 1. The van der Waals surface area contributed by atoms with Crippen molar-refractivity contribution >= 4 is 0 Å². The molecule has 0 atom stereocenters. The first-order valence-electron chi connectivity index (χ1n) is 5.55. The number of nitrogens with one attached hydrogen (secondary N) is 1. The van der Waals surface area contributed by atoms with Crippen LogP contribution in [0.4, 0.5) is 0 Å². The fraction of sp³-hybridized carbons (Fsp3) is 0.583. The second-order valence-electron chi connectivity index (χ2n) is 4.20. The summed E-state index contributed by atoms with van der Waals surface area (Å²) in [6.07, 6.45) is 4.86. The molecule has 0 saturated carbocycles. The van der Waals surface area contributed by atoms with Crippen molar-refractivity contribution in [1.82, 2.24) is 9.88 Å². The Bertz CT molecular complexity index is 310. The van der Waals surface area contributed by atoms with E-state index in [4.69, 9.17) is 0 Å². The lowest BCUT2D eigenvalue weighted by atomic mass is 10.1. The van der Waals surface area contributed by atoms with E-state index in [-0.39, 0.29) is 5.43 Å². The number of rotatable bonds is 6. The third-order valence-corrected chi connectivity index (χ3v) is 2.31. The quantitative estimate of drug-likeness (QED) is 0.719. The molecule has 0 aromatic carbocycles. The Morgan fingerprint density at radius 2 is 1.93 bits per heavy atom. The van der Waals surface area contributed by atoms with Gasteiger partial charge in [-0.3, -0.25) is 4.79 Å². The first kappa shape index (κ1) is 12.0. The summed E-state index contributed by atoms with van der Waals surface area (Å²) in [5.74, 6) is 0.755. The van der Waals surface area contributed by atoms with Crippen LogP contribution in [0, 0.1) is 5.92 Å². The molecule has 0 saturated heterocycles. The molecule has 0 spiro atoms. The molecule has 0 unspecified atom stereocenters. The van der Waals surface area contributed by atoms with Crippen LogP contribution in [0.1, 0.15) is 20.3 Å². The van der Waals surface area contributed by atoms with Gasteiger partial charge in [-0.25, -0.2) is 0 Å². The van der Waals surface area contributed by atoms with Gasteiger partial charge in [-0.15, -0.1) is 0 Å². The third kappa shape index (κ3) is 5.37. The van der Waals surface area contributed by atoms with Crippen LogP contribution < -0.4 is 10.7 Å². The maximum absolute atomic E-state index is 10.8. The third-order valence-electron chi connectivity index (χ3n) is 2.31. The summed E-state index contributed by atoms with van der Waals surface area (Å²) in [4.78, 5) is 10.8. The maximum atomic E-state index is 10.8. The van der Waals surface area contributed by atoms with E-state index in [9.17, 15) is 4.79 Å². The van der Waals surface area contributed by atoms with Gasteiger partial charge in [0, 0.05) is 37.6 Å². The van der Waals surface area contributed by atoms with Crippen molar-refractivity contribution in [2.75, 3.05) is 13.1 Å². The molecule has 1 aromatic heterocycles. The molecule has 1 heterocycles. The molecule has 0 radical (unpaired) electrons. The van der Waals surface area contributed by atoms with E-state index in [1.165, 1.54) is 6.42 Å². The Labute approximate surface area is 91.1 Å². The highest BCUT2D eigenvalue weighted by Gasteiger charge is 1.93. The largest absolute Gasteiger partial charge is 0.353 e. The van der Waals surface area contributed by atoms with Gasteiger partial charge >= 0.3 is 0 Å². The Morgan fingerprint density at radius 1 is 1.27 bits per heavy atom. The topological polar surface area (TPSA) is 34.0 Å². The summed E-state index contributed by atoms with van der Waals surface area (Å²) in [5, 5.41) is 3.38. The maximum Gasteiger partial charge on any atom is 0.181 e. The molecule has 1 N–H and O–H groups in total. The van der Waals surface area contributed by atoms with Crippen molar-refractivity contribution in [3.63, 3.8) is 0 Å². The van der Waals surface area contributed by atoms with Crippen molar-refractivity contribution in [2.24, 2.45) is 5.92 Å². The van der Waals surface area contributed by atoms with Gasteiger partial charge in [0.05, 0.1) is 0 Å². The predicted octanol–water partition coefficient (Wildman–Crippen LogP) is 1.48. The van der Waals surface area contributed by atoms with E-state index in [2.05, 4.69) is 19.2 Å². The van der Waals surface area contributed by atoms with Crippen molar-refractivity contribution in [3.05, 3.63) is 34.7 Å². The molecule has 1 aromatic rings.